The van der Waals surface area contributed by atoms with Crippen molar-refractivity contribution in [1.29, 1.82) is 0 Å². The molecule has 1 saturated heterocycles. The first-order valence-electron chi connectivity index (χ1n) is 5.81. The molecule has 7 heteroatoms. The van der Waals surface area contributed by atoms with Crippen LogP contribution in [0, 0.1) is 0 Å². The lowest BCUT2D eigenvalue weighted by molar-refractivity contribution is 0.192. The SMILES string of the molecule is CNCc1ccc(S(=O)(=O)NC2CCOC2)nc1. The van der Waals surface area contributed by atoms with Gasteiger partial charge in [0.25, 0.3) is 10.0 Å². The molecule has 6 nitrogen and oxygen atoms in total. The molecule has 0 amide bonds. The van der Waals surface area contributed by atoms with Crippen LogP contribution in [0.15, 0.2) is 23.4 Å². The second-order valence-electron chi connectivity index (χ2n) is 4.22. The molecule has 0 aromatic carbocycles. The fraction of sp³-hybridized carbons (Fsp3) is 0.545. The minimum Gasteiger partial charge on any atom is -0.380 e. The van der Waals surface area contributed by atoms with Crippen LogP contribution < -0.4 is 10.0 Å². The Morgan fingerprint density at radius 2 is 2.33 bits per heavy atom. The Hall–Kier alpha value is -1.02. The maximum atomic E-state index is 12.0. The van der Waals surface area contributed by atoms with Crippen molar-refractivity contribution < 1.29 is 13.2 Å². The summed E-state index contributed by atoms with van der Waals surface area (Å²) in [6.07, 6.45) is 2.27. The number of sulfonamides is 1. The van der Waals surface area contributed by atoms with Gasteiger partial charge in [0.05, 0.1) is 6.61 Å². The lowest BCUT2D eigenvalue weighted by atomic mass is 10.3. The summed E-state index contributed by atoms with van der Waals surface area (Å²) in [6.45, 7) is 1.69. The number of rotatable bonds is 5. The number of nitrogens with zero attached hydrogens (tertiary/aromatic N) is 1. The van der Waals surface area contributed by atoms with Crippen LogP contribution in [0.2, 0.25) is 0 Å². The van der Waals surface area contributed by atoms with Gasteiger partial charge < -0.3 is 10.1 Å². The van der Waals surface area contributed by atoms with E-state index >= 15 is 0 Å². The second-order valence-corrected chi connectivity index (χ2v) is 5.88. The monoisotopic (exact) mass is 271 g/mol. The number of hydrogen-bond acceptors (Lipinski definition) is 5. The van der Waals surface area contributed by atoms with Gasteiger partial charge in [0.15, 0.2) is 5.03 Å². The highest BCUT2D eigenvalue weighted by atomic mass is 32.2. The molecule has 1 atom stereocenters. The molecule has 0 aliphatic carbocycles. The fourth-order valence-corrected chi connectivity index (χ4v) is 2.97. The van der Waals surface area contributed by atoms with Crippen molar-refractivity contribution in [2.24, 2.45) is 0 Å². The van der Waals surface area contributed by atoms with E-state index in [0.29, 0.717) is 26.2 Å². The van der Waals surface area contributed by atoms with Crippen LogP contribution in [0.3, 0.4) is 0 Å². The van der Waals surface area contributed by atoms with Gasteiger partial charge in [-0.3, -0.25) is 0 Å². The Morgan fingerprint density at radius 1 is 1.50 bits per heavy atom. The highest BCUT2D eigenvalue weighted by Crippen LogP contribution is 2.11. The summed E-state index contributed by atoms with van der Waals surface area (Å²) in [5, 5.41) is 3.03. The van der Waals surface area contributed by atoms with Gasteiger partial charge in [0.2, 0.25) is 0 Å². The summed E-state index contributed by atoms with van der Waals surface area (Å²) in [6, 6.07) is 3.13. The van der Waals surface area contributed by atoms with Gasteiger partial charge in [-0.25, -0.2) is 18.1 Å². The third-order valence-electron chi connectivity index (χ3n) is 2.71. The summed E-state index contributed by atoms with van der Waals surface area (Å²) in [5.41, 5.74) is 0.945. The molecule has 100 valence electrons. The molecule has 2 heterocycles. The standard InChI is InChI=1S/C11H17N3O3S/c1-12-6-9-2-3-11(13-7-9)18(15,16)14-10-4-5-17-8-10/h2-3,7,10,12,14H,4-6,8H2,1H3. The van der Waals surface area contributed by atoms with E-state index in [2.05, 4.69) is 15.0 Å². The van der Waals surface area contributed by atoms with Gasteiger partial charge in [0.1, 0.15) is 0 Å². The van der Waals surface area contributed by atoms with Gasteiger partial charge in [-0.2, -0.15) is 0 Å². The summed E-state index contributed by atoms with van der Waals surface area (Å²) in [5.74, 6) is 0. The lowest BCUT2D eigenvalue weighted by Gasteiger charge is -2.10. The van der Waals surface area contributed by atoms with Crippen molar-refractivity contribution in [3.8, 4) is 0 Å². The van der Waals surface area contributed by atoms with Gasteiger partial charge in [-0.15, -0.1) is 0 Å². The molecule has 2 rings (SSSR count). The molecule has 1 fully saturated rings. The number of pyridine rings is 1. The highest BCUT2D eigenvalue weighted by Gasteiger charge is 2.24. The Labute approximate surface area is 107 Å². The van der Waals surface area contributed by atoms with Gasteiger partial charge in [0, 0.05) is 25.4 Å². The molecule has 1 aromatic rings. The van der Waals surface area contributed by atoms with E-state index in [-0.39, 0.29) is 11.1 Å². The molecule has 1 unspecified atom stereocenters. The maximum absolute atomic E-state index is 12.0. The van der Waals surface area contributed by atoms with E-state index in [4.69, 9.17) is 4.74 Å². The van der Waals surface area contributed by atoms with E-state index in [9.17, 15) is 8.42 Å². The number of aromatic nitrogens is 1. The molecule has 2 N–H and O–H groups in total. The minimum absolute atomic E-state index is 0.0502. The lowest BCUT2D eigenvalue weighted by Crippen LogP contribution is -2.35. The summed E-state index contributed by atoms with van der Waals surface area (Å²) in [7, 11) is -1.71. The second kappa shape index (κ2) is 5.75. The quantitative estimate of drug-likeness (QED) is 0.779. The Morgan fingerprint density at radius 3 is 2.89 bits per heavy atom. The molecule has 18 heavy (non-hydrogen) atoms. The number of hydrogen-bond donors (Lipinski definition) is 2. The zero-order chi connectivity index (χ0) is 13.0. The normalized spacial score (nSPS) is 20.2. The molecule has 0 radical (unpaired) electrons. The van der Waals surface area contributed by atoms with Gasteiger partial charge >= 0.3 is 0 Å². The predicted molar refractivity (Wildman–Crippen MR) is 66.5 cm³/mol. The first-order valence-corrected chi connectivity index (χ1v) is 7.30. The van der Waals surface area contributed by atoms with Crippen molar-refractivity contribution in [3.63, 3.8) is 0 Å². The van der Waals surface area contributed by atoms with Crippen molar-refractivity contribution in [2.75, 3.05) is 20.3 Å². The largest absolute Gasteiger partial charge is 0.380 e. The molecule has 1 aliphatic rings. The van der Waals surface area contributed by atoms with E-state index < -0.39 is 10.0 Å². The smallest absolute Gasteiger partial charge is 0.258 e. The first kappa shape index (κ1) is 13.4. The fourth-order valence-electron chi connectivity index (χ4n) is 1.79. The molecule has 1 aromatic heterocycles. The summed E-state index contributed by atoms with van der Waals surface area (Å²) >= 11 is 0. The number of nitrogens with one attached hydrogen (secondary N) is 2. The summed E-state index contributed by atoms with van der Waals surface area (Å²) in [4.78, 5) is 3.98. The average Bonchev–Trinajstić information content (AvgIpc) is 2.82. The van der Waals surface area contributed by atoms with Crippen LogP contribution in [0.5, 0.6) is 0 Å². The van der Waals surface area contributed by atoms with E-state index in [1.807, 2.05) is 7.05 Å². The van der Waals surface area contributed by atoms with Crippen LogP contribution in [-0.2, 0) is 21.3 Å². The molecular formula is C11H17N3O3S. The predicted octanol–water partition coefficient (Wildman–Crippen LogP) is -0.132. The molecular weight excluding hydrogens is 254 g/mol. The number of ether oxygens (including phenoxy) is 1. The minimum atomic E-state index is -3.54. The zero-order valence-corrected chi connectivity index (χ0v) is 11.0. The Balaban J connectivity index is 2.08. The highest BCUT2D eigenvalue weighted by molar-refractivity contribution is 7.89. The molecule has 0 saturated carbocycles. The average molecular weight is 271 g/mol. The van der Waals surface area contributed by atoms with E-state index in [1.165, 1.54) is 6.07 Å². The van der Waals surface area contributed by atoms with Crippen molar-refractivity contribution in [3.05, 3.63) is 23.9 Å². The van der Waals surface area contributed by atoms with Gasteiger partial charge in [-0.1, -0.05) is 6.07 Å². The third-order valence-corrected chi connectivity index (χ3v) is 4.14. The van der Waals surface area contributed by atoms with Crippen LogP contribution in [0.4, 0.5) is 0 Å². The first-order chi connectivity index (χ1) is 8.62. The molecule has 0 spiro atoms. The van der Waals surface area contributed by atoms with Crippen molar-refractivity contribution in [2.45, 2.75) is 24.0 Å². The Bertz CT molecular complexity index is 481. The van der Waals surface area contributed by atoms with Crippen LogP contribution in [0.25, 0.3) is 0 Å². The maximum Gasteiger partial charge on any atom is 0.258 e. The van der Waals surface area contributed by atoms with Crippen LogP contribution in [0.1, 0.15) is 12.0 Å². The van der Waals surface area contributed by atoms with Crippen LogP contribution in [-0.4, -0.2) is 39.7 Å². The topological polar surface area (TPSA) is 80.3 Å². The van der Waals surface area contributed by atoms with Gasteiger partial charge in [-0.05, 0) is 25.1 Å². The Kier molecular flexibility index (Phi) is 4.28. The van der Waals surface area contributed by atoms with Crippen LogP contribution >= 0.6 is 0 Å². The molecule has 1 aliphatic heterocycles. The summed E-state index contributed by atoms with van der Waals surface area (Å²) < 4.78 is 31.8. The van der Waals surface area contributed by atoms with E-state index in [1.54, 1.807) is 12.3 Å². The van der Waals surface area contributed by atoms with E-state index in [0.717, 1.165) is 5.56 Å². The zero-order valence-electron chi connectivity index (χ0n) is 10.2. The molecule has 0 bridgehead atoms. The van der Waals surface area contributed by atoms with Crippen molar-refractivity contribution >= 4 is 10.0 Å². The van der Waals surface area contributed by atoms with Crippen molar-refractivity contribution in [1.82, 2.24) is 15.0 Å². The third kappa shape index (κ3) is 3.26.